The largest absolute Gasteiger partial charge is 0.274 e. The molecule has 6 heteroatoms. The average molecular weight is 206 g/mol. The van der Waals surface area contributed by atoms with E-state index in [-0.39, 0.29) is 6.54 Å². The number of nitrogens with two attached hydrogens (primary N) is 1. The lowest BCUT2D eigenvalue weighted by Gasteiger charge is -1.97. The van der Waals surface area contributed by atoms with Gasteiger partial charge in [0.15, 0.2) is 0 Å². The van der Waals surface area contributed by atoms with Gasteiger partial charge < -0.3 is 0 Å². The monoisotopic (exact) mass is 206 g/mol. The first-order valence-corrected chi connectivity index (χ1v) is 5.71. The van der Waals surface area contributed by atoms with Crippen molar-refractivity contribution in [1.29, 1.82) is 0 Å². The zero-order valence-corrected chi connectivity index (χ0v) is 8.21. The maximum atomic E-state index is 10.5. The first kappa shape index (κ1) is 9.66. The summed E-state index contributed by atoms with van der Waals surface area (Å²) in [6.07, 6.45) is 0. The Morgan fingerprint density at radius 2 is 2.33 bits per heavy atom. The second kappa shape index (κ2) is 3.53. The number of rotatable bonds is 3. The highest BCUT2D eigenvalue weighted by molar-refractivity contribution is 7.87. The second-order valence-electron chi connectivity index (χ2n) is 2.43. The molecule has 1 aromatic heterocycles. The third kappa shape index (κ3) is 3.31. The molecule has 0 aromatic carbocycles. The molecule has 0 saturated carbocycles. The smallest absolute Gasteiger partial charge is 0.216 e. The molecule has 1 heterocycles. The third-order valence-electron chi connectivity index (χ3n) is 1.26. The van der Waals surface area contributed by atoms with Crippen LogP contribution < -0.4 is 9.86 Å². The average Bonchev–Trinajstić information content (AvgIpc) is 2.30. The van der Waals surface area contributed by atoms with Crippen LogP contribution >= 0.6 is 11.3 Å². The molecule has 1 aromatic rings. The van der Waals surface area contributed by atoms with Gasteiger partial charge in [0.05, 0.1) is 0 Å². The Kier molecular flexibility index (Phi) is 2.84. The van der Waals surface area contributed by atoms with Crippen molar-refractivity contribution in [2.45, 2.75) is 13.5 Å². The molecular weight excluding hydrogens is 196 g/mol. The fourth-order valence-electron chi connectivity index (χ4n) is 0.774. The molecule has 0 atom stereocenters. The summed E-state index contributed by atoms with van der Waals surface area (Å²) >= 11 is 1.58. The lowest BCUT2D eigenvalue weighted by Crippen LogP contribution is -2.29. The van der Waals surface area contributed by atoms with E-state index < -0.39 is 10.2 Å². The summed E-state index contributed by atoms with van der Waals surface area (Å²) in [5.41, 5.74) is 0.937. The third-order valence-corrected chi connectivity index (χ3v) is 2.72. The van der Waals surface area contributed by atoms with Crippen molar-refractivity contribution in [2.24, 2.45) is 5.14 Å². The summed E-state index contributed by atoms with van der Waals surface area (Å²) in [7, 11) is -3.56. The van der Waals surface area contributed by atoms with Gasteiger partial charge in [-0.2, -0.15) is 13.1 Å². The first-order chi connectivity index (χ1) is 5.47. The van der Waals surface area contributed by atoms with Crippen LogP contribution in [-0.4, -0.2) is 8.42 Å². The summed E-state index contributed by atoms with van der Waals surface area (Å²) in [5, 5.41) is 6.65. The molecule has 0 fully saturated rings. The summed E-state index contributed by atoms with van der Waals surface area (Å²) in [6, 6.07) is 1.92. The van der Waals surface area contributed by atoms with E-state index in [0.717, 1.165) is 10.4 Å². The van der Waals surface area contributed by atoms with Crippen LogP contribution in [0.3, 0.4) is 0 Å². The zero-order chi connectivity index (χ0) is 9.19. The Hall–Kier alpha value is -0.430. The topological polar surface area (TPSA) is 72.2 Å². The zero-order valence-electron chi connectivity index (χ0n) is 6.57. The van der Waals surface area contributed by atoms with E-state index >= 15 is 0 Å². The van der Waals surface area contributed by atoms with Gasteiger partial charge in [-0.1, -0.05) is 0 Å². The minimum atomic E-state index is -3.56. The minimum absolute atomic E-state index is 0.267. The maximum Gasteiger partial charge on any atom is 0.274 e. The lowest BCUT2D eigenvalue weighted by molar-refractivity contribution is 0.583. The van der Waals surface area contributed by atoms with E-state index in [9.17, 15) is 8.42 Å². The molecule has 4 nitrogen and oxygen atoms in total. The Labute approximate surface area is 75.6 Å². The van der Waals surface area contributed by atoms with Gasteiger partial charge in [0.25, 0.3) is 10.2 Å². The van der Waals surface area contributed by atoms with Crippen molar-refractivity contribution >= 4 is 21.5 Å². The highest BCUT2D eigenvalue weighted by Gasteiger charge is 2.01. The predicted molar refractivity (Wildman–Crippen MR) is 49.0 cm³/mol. The van der Waals surface area contributed by atoms with Gasteiger partial charge in [-0.05, 0) is 23.9 Å². The van der Waals surface area contributed by atoms with E-state index in [1.54, 1.807) is 11.3 Å². The van der Waals surface area contributed by atoms with E-state index in [0.29, 0.717) is 0 Å². The molecular formula is C6H10N2O2S2. The molecule has 0 saturated heterocycles. The fraction of sp³-hybridized carbons (Fsp3) is 0.333. The Balaban J connectivity index is 2.55. The molecule has 0 bridgehead atoms. The normalized spacial score (nSPS) is 11.8. The molecule has 0 aliphatic rings. The quantitative estimate of drug-likeness (QED) is 0.749. The molecule has 0 aliphatic heterocycles. The number of hydrogen-bond acceptors (Lipinski definition) is 3. The molecule has 68 valence electrons. The van der Waals surface area contributed by atoms with Crippen molar-refractivity contribution in [2.75, 3.05) is 0 Å². The van der Waals surface area contributed by atoms with Gasteiger partial charge in [0.2, 0.25) is 0 Å². The van der Waals surface area contributed by atoms with Crippen molar-refractivity contribution in [1.82, 2.24) is 4.72 Å². The second-order valence-corrected chi connectivity index (χ2v) is 4.93. The minimum Gasteiger partial charge on any atom is -0.216 e. The van der Waals surface area contributed by atoms with Gasteiger partial charge in [-0.15, -0.1) is 11.3 Å². The van der Waals surface area contributed by atoms with Crippen LogP contribution in [0.25, 0.3) is 0 Å². The number of thiophene rings is 1. The van der Waals surface area contributed by atoms with Crippen LogP contribution in [-0.2, 0) is 16.8 Å². The highest BCUT2D eigenvalue weighted by Crippen LogP contribution is 2.12. The molecule has 0 aliphatic carbocycles. The van der Waals surface area contributed by atoms with Gasteiger partial charge in [-0.25, -0.2) is 5.14 Å². The lowest BCUT2D eigenvalue weighted by atomic mass is 10.3. The van der Waals surface area contributed by atoms with E-state index in [4.69, 9.17) is 5.14 Å². The summed E-state index contributed by atoms with van der Waals surface area (Å²) < 4.78 is 23.2. The first-order valence-electron chi connectivity index (χ1n) is 3.29. The fourth-order valence-corrected chi connectivity index (χ4v) is 1.85. The molecule has 0 spiro atoms. The highest BCUT2D eigenvalue weighted by atomic mass is 32.2. The molecule has 0 radical (unpaired) electrons. The van der Waals surface area contributed by atoms with Crippen molar-refractivity contribution in [3.63, 3.8) is 0 Å². The van der Waals surface area contributed by atoms with Gasteiger partial charge in [0.1, 0.15) is 0 Å². The van der Waals surface area contributed by atoms with Crippen LogP contribution in [0.4, 0.5) is 0 Å². The summed E-state index contributed by atoms with van der Waals surface area (Å²) in [6.45, 7) is 2.23. The van der Waals surface area contributed by atoms with Gasteiger partial charge in [0, 0.05) is 11.4 Å². The van der Waals surface area contributed by atoms with Crippen LogP contribution in [0, 0.1) is 6.92 Å². The van der Waals surface area contributed by atoms with Gasteiger partial charge >= 0.3 is 0 Å². The SMILES string of the molecule is Cc1cc(CNS(N)(=O)=O)cs1. The number of nitrogens with one attached hydrogen (secondary N) is 1. The Morgan fingerprint density at radius 1 is 1.67 bits per heavy atom. The molecule has 1 rings (SSSR count). The van der Waals surface area contributed by atoms with E-state index in [2.05, 4.69) is 4.72 Å². The number of aryl methyl sites for hydroxylation is 1. The van der Waals surface area contributed by atoms with Crippen molar-refractivity contribution < 1.29 is 8.42 Å². The predicted octanol–water partition coefficient (Wildman–Crippen LogP) is 0.350. The Morgan fingerprint density at radius 3 is 2.75 bits per heavy atom. The standard InChI is InChI=1S/C6H10N2O2S2/c1-5-2-6(4-11-5)3-8-12(7,9)10/h2,4,8H,3H2,1H3,(H2,7,9,10). The van der Waals surface area contributed by atoms with E-state index in [1.807, 2.05) is 18.4 Å². The Bertz CT molecular complexity index is 355. The van der Waals surface area contributed by atoms with Crippen molar-refractivity contribution in [3.8, 4) is 0 Å². The van der Waals surface area contributed by atoms with Crippen molar-refractivity contribution in [3.05, 3.63) is 21.9 Å². The van der Waals surface area contributed by atoms with Crippen LogP contribution in [0.1, 0.15) is 10.4 Å². The summed E-state index contributed by atoms with van der Waals surface area (Å²) in [5.74, 6) is 0. The molecule has 0 amide bonds. The van der Waals surface area contributed by atoms with E-state index in [1.165, 1.54) is 0 Å². The van der Waals surface area contributed by atoms with Crippen LogP contribution in [0.15, 0.2) is 11.4 Å². The molecule has 0 unspecified atom stereocenters. The number of hydrogen-bond donors (Lipinski definition) is 2. The molecule has 12 heavy (non-hydrogen) atoms. The van der Waals surface area contributed by atoms with Crippen LogP contribution in [0.2, 0.25) is 0 Å². The van der Waals surface area contributed by atoms with Gasteiger partial charge in [-0.3, -0.25) is 0 Å². The summed E-state index contributed by atoms with van der Waals surface area (Å²) in [4.78, 5) is 1.15. The van der Waals surface area contributed by atoms with Crippen LogP contribution in [0.5, 0.6) is 0 Å². The molecule has 3 N–H and O–H groups in total. The maximum absolute atomic E-state index is 10.5.